The largest absolute Gasteiger partial charge is 0.372 e. The highest BCUT2D eigenvalue weighted by Crippen LogP contribution is 2.33. The molecule has 21 heavy (non-hydrogen) atoms. The van der Waals surface area contributed by atoms with E-state index >= 15 is 0 Å². The van der Waals surface area contributed by atoms with Gasteiger partial charge in [-0.05, 0) is 38.3 Å². The molecule has 1 saturated heterocycles. The van der Waals surface area contributed by atoms with Gasteiger partial charge < -0.3 is 5.32 Å². The maximum absolute atomic E-state index is 4.81. The lowest BCUT2D eigenvalue weighted by Gasteiger charge is -2.15. The quantitative estimate of drug-likeness (QED) is 0.937. The highest BCUT2D eigenvalue weighted by atomic mass is 32.1. The van der Waals surface area contributed by atoms with Crippen LogP contribution in [-0.4, -0.2) is 35.0 Å². The second kappa shape index (κ2) is 5.89. The molecule has 0 amide bonds. The predicted octanol–water partition coefficient (Wildman–Crippen LogP) is 3.58. The number of thiophene rings is 1. The highest BCUT2D eigenvalue weighted by molar-refractivity contribution is 7.18. The number of rotatable bonds is 4. The molecular formula is C16H24N4S. The van der Waals surface area contributed by atoms with Crippen LogP contribution in [0.25, 0.3) is 10.2 Å². The molecule has 0 saturated carbocycles. The molecule has 0 aliphatic carbocycles. The molecule has 0 aromatic carbocycles. The number of aromatic nitrogens is 2. The Hall–Kier alpha value is -1.20. The fraction of sp³-hybridized carbons (Fsp3) is 0.625. The van der Waals surface area contributed by atoms with E-state index in [0.717, 1.165) is 28.9 Å². The zero-order valence-electron chi connectivity index (χ0n) is 13.4. The molecule has 1 aliphatic rings. The Morgan fingerprint density at radius 3 is 2.81 bits per heavy atom. The third-order valence-electron chi connectivity index (χ3n) is 4.62. The minimum absolute atomic E-state index is 0.851. The number of hydrogen-bond acceptors (Lipinski definition) is 5. The van der Waals surface area contributed by atoms with Crippen molar-refractivity contribution in [2.24, 2.45) is 5.92 Å². The van der Waals surface area contributed by atoms with Crippen LogP contribution >= 0.6 is 11.3 Å². The smallest absolute Gasteiger partial charge is 0.146 e. The average Bonchev–Trinajstić information content (AvgIpc) is 3.04. The maximum atomic E-state index is 4.81. The van der Waals surface area contributed by atoms with Crippen molar-refractivity contribution in [3.8, 4) is 0 Å². The molecule has 5 heteroatoms. The van der Waals surface area contributed by atoms with Gasteiger partial charge >= 0.3 is 0 Å². The summed E-state index contributed by atoms with van der Waals surface area (Å²) in [6.45, 7) is 9.84. The number of anilines is 1. The van der Waals surface area contributed by atoms with E-state index in [1.807, 2.05) is 7.05 Å². The van der Waals surface area contributed by atoms with Crippen molar-refractivity contribution in [2.75, 3.05) is 25.5 Å². The minimum Gasteiger partial charge on any atom is -0.372 e. The number of nitrogens with one attached hydrogen (secondary N) is 1. The molecule has 3 rings (SSSR count). The molecule has 1 atom stereocenters. The maximum Gasteiger partial charge on any atom is 0.146 e. The molecule has 1 fully saturated rings. The van der Waals surface area contributed by atoms with E-state index in [2.05, 4.69) is 31.0 Å². The molecule has 114 valence electrons. The van der Waals surface area contributed by atoms with Gasteiger partial charge in [0.15, 0.2) is 0 Å². The molecular weight excluding hydrogens is 280 g/mol. The van der Waals surface area contributed by atoms with Gasteiger partial charge in [0.2, 0.25) is 0 Å². The van der Waals surface area contributed by atoms with E-state index in [0.29, 0.717) is 0 Å². The lowest BCUT2D eigenvalue weighted by Crippen LogP contribution is -2.21. The van der Waals surface area contributed by atoms with Crippen LogP contribution in [0.15, 0.2) is 0 Å². The summed E-state index contributed by atoms with van der Waals surface area (Å²) in [5, 5.41) is 4.44. The second-order valence-electron chi connectivity index (χ2n) is 6.00. The molecule has 0 bridgehead atoms. The van der Waals surface area contributed by atoms with Crippen LogP contribution in [0.2, 0.25) is 0 Å². The van der Waals surface area contributed by atoms with Crippen molar-refractivity contribution in [1.82, 2.24) is 14.9 Å². The van der Waals surface area contributed by atoms with Gasteiger partial charge in [-0.25, -0.2) is 9.97 Å². The number of fused-ring (bicyclic) bond motifs is 1. The monoisotopic (exact) mass is 304 g/mol. The lowest BCUT2D eigenvalue weighted by atomic mass is 10.1. The summed E-state index contributed by atoms with van der Waals surface area (Å²) >= 11 is 1.78. The van der Waals surface area contributed by atoms with E-state index < -0.39 is 0 Å². The first-order valence-corrected chi connectivity index (χ1v) is 8.60. The standard InChI is InChI=1S/C16H24N4S/c1-5-12-6-7-20(8-12)9-13-18-15(17-4)14-10(2)11(3)21-16(14)19-13/h12H,5-9H2,1-4H3,(H,17,18,19). The van der Waals surface area contributed by atoms with Gasteiger partial charge in [-0.15, -0.1) is 11.3 Å². The number of aryl methyl sites for hydroxylation is 2. The lowest BCUT2D eigenvalue weighted by molar-refractivity contribution is 0.308. The molecule has 4 nitrogen and oxygen atoms in total. The fourth-order valence-electron chi connectivity index (χ4n) is 3.14. The summed E-state index contributed by atoms with van der Waals surface area (Å²) in [7, 11) is 1.95. The zero-order chi connectivity index (χ0) is 15.0. The Balaban J connectivity index is 1.89. The van der Waals surface area contributed by atoms with Crippen molar-refractivity contribution in [2.45, 2.75) is 40.2 Å². The van der Waals surface area contributed by atoms with Gasteiger partial charge in [0.25, 0.3) is 0 Å². The molecule has 1 aliphatic heterocycles. The van der Waals surface area contributed by atoms with E-state index in [-0.39, 0.29) is 0 Å². The van der Waals surface area contributed by atoms with Gasteiger partial charge in [-0.2, -0.15) is 0 Å². The third-order valence-corrected chi connectivity index (χ3v) is 5.73. The van der Waals surface area contributed by atoms with Crippen LogP contribution in [0, 0.1) is 19.8 Å². The minimum atomic E-state index is 0.851. The Morgan fingerprint density at radius 1 is 1.33 bits per heavy atom. The fourth-order valence-corrected chi connectivity index (χ4v) is 4.18. The van der Waals surface area contributed by atoms with E-state index in [1.165, 1.54) is 41.8 Å². The first-order valence-electron chi connectivity index (χ1n) is 7.79. The summed E-state index contributed by atoms with van der Waals surface area (Å²) in [4.78, 5) is 14.5. The summed E-state index contributed by atoms with van der Waals surface area (Å²) in [5.74, 6) is 2.77. The average molecular weight is 304 g/mol. The van der Waals surface area contributed by atoms with Crippen molar-refractivity contribution < 1.29 is 0 Å². The van der Waals surface area contributed by atoms with E-state index in [1.54, 1.807) is 11.3 Å². The Labute approximate surface area is 130 Å². The van der Waals surface area contributed by atoms with Gasteiger partial charge in [0.1, 0.15) is 16.5 Å². The summed E-state index contributed by atoms with van der Waals surface area (Å²) in [6, 6.07) is 0. The number of hydrogen-bond donors (Lipinski definition) is 1. The van der Waals surface area contributed by atoms with E-state index in [9.17, 15) is 0 Å². The van der Waals surface area contributed by atoms with Crippen molar-refractivity contribution in [3.63, 3.8) is 0 Å². The van der Waals surface area contributed by atoms with Crippen molar-refractivity contribution in [3.05, 3.63) is 16.3 Å². The molecule has 3 heterocycles. The second-order valence-corrected chi connectivity index (χ2v) is 7.20. The molecule has 1 N–H and O–H groups in total. The molecule has 2 aromatic heterocycles. The van der Waals surface area contributed by atoms with Crippen LogP contribution in [-0.2, 0) is 6.54 Å². The SMILES string of the molecule is CCC1CCN(Cc2nc(NC)c3c(C)c(C)sc3n2)C1. The first kappa shape index (κ1) is 14.7. The Morgan fingerprint density at radius 2 is 2.14 bits per heavy atom. The highest BCUT2D eigenvalue weighted by Gasteiger charge is 2.22. The van der Waals surface area contributed by atoms with Crippen molar-refractivity contribution >= 4 is 27.4 Å². The van der Waals surface area contributed by atoms with E-state index in [4.69, 9.17) is 9.97 Å². The molecule has 1 unspecified atom stereocenters. The molecule has 2 aromatic rings. The summed E-state index contributed by atoms with van der Waals surface area (Å²) in [6.07, 6.45) is 2.59. The van der Waals surface area contributed by atoms with Crippen LogP contribution in [0.3, 0.4) is 0 Å². The summed E-state index contributed by atoms with van der Waals surface area (Å²) < 4.78 is 0. The number of likely N-dealkylation sites (tertiary alicyclic amines) is 1. The topological polar surface area (TPSA) is 41.1 Å². The molecule has 0 radical (unpaired) electrons. The summed E-state index contributed by atoms with van der Waals surface area (Å²) in [5.41, 5.74) is 1.30. The number of nitrogens with zero attached hydrogens (tertiary/aromatic N) is 3. The zero-order valence-corrected chi connectivity index (χ0v) is 14.2. The predicted molar refractivity (Wildman–Crippen MR) is 90.1 cm³/mol. The van der Waals surface area contributed by atoms with Crippen molar-refractivity contribution in [1.29, 1.82) is 0 Å². The van der Waals surface area contributed by atoms with Crippen LogP contribution in [0.4, 0.5) is 5.82 Å². The van der Waals surface area contributed by atoms with Gasteiger partial charge in [-0.1, -0.05) is 13.3 Å². The molecule has 0 spiro atoms. The normalized spacial score (nSPS) is 19.5. The van der Waals surface area contributed by atoms with Crippen LogP contribution < -0.4 is 5.32 Å². The Bertz CT molecular complexity index is 649. The third kappa shape index (κ3) is 2.77. The van der Waals surface area contributed by atoms with Gasteiger partial charge in [-0.3, -0.25) is 4.90 Å². The van der Waals surface area contributed by atoms with Gasteiger partial charge in [0, 0.05) is 18.5 Å². The van der Waals surface area contributed by atoms with Gasteiger partial charge in [0.05, 0.1) is 11.9 Å². The van der Waals surface area contributed by atoms with Crippen LogP contribution in [0.1, 0.15) is 36.0 Å². The Kier molecular flexibility index (Phi) is 4.13. The first-order chi connectivity index (χ1) is 10.1. The van der Waals surface area contributed by atoms with Crippen LogP contribution in [0.5, 0.6) is 0 Å².